The Bertz CT molecular complexity index is 2980. The summed E-state index contributed by atoms with van der Waals surface area (Å²) in [4.78, 5) is 41.8. The summed E-state index contributed by atoms with van der Waals surface area (Å²) in [7, 11) is 3.38. The molecular formula is C53H71F3N14O6S3. The van der Waals surface area contributed by atoms with Gasteiger partial charge in [-0.1, -0.05) is 24.3 Å². The topological polar surface area (TPSA) is 239 Å². The number of benzene rings is 2. The molecule has 0 saturated carbocycles. The molecule has 7 aromatic rings. The molecule has 4 N–H and O–H groups in total. The van der Waals surface area contributed by atoms with Crippen LogP contribution < -0.4 is 20.5 Å². The molecule has 0 amide bonds. The number of ketones is 1. The minimum absolute atomic E-state index is 0.0486. The van der Waals surface area contributed by atoms with Crippen molar-refractivity contribution in [3.8, 4) is 33.2 Å². The molecule has 0 saturated heterocycles. The van der Waals surface area contributed by atoms with Crippen molar-refractivity contribution >= 4 is 52.0 Å². The second-order valence-electron chi connectivity index (χ2n) is 17.9. The molecule has 0 radical (unpaired) electrons. The first-order valence-corrected chi connectivity index (χ1v) is 28.2. The molecule has 79 heavy (non-hydrogen) atoms. The number of aliphatic hydroxyl groups is 1. The predicted octanol–water partition coefficient (Wildman–Crippen LogP) is 8.34. The van der Waals surface area contributed by atoms with Gasteiger partial charge < -0.3 is 39.5 Å². The van der Waals surface area contributed by atoms with Gasteiger partial charge in [-0.05, 0) is 90.8 Å². The summed E-state index contributed by atoms with van der Waals surface area (Å²) < 4.78 is 51.6. The van der Waals surface area contributed by atoms with Crippen molar-refractivity contribution in [2.75, 3.05) is 60.2 Å². The average molecular weight is 1150 g/mol. The van der Waals surface area contributed by atoms with E-state index in [9.17, 15) is 18.0 Å². The van der Waals surface area contributed by atoms with Crippen molar-refractivity contribution in [2.45, 2.75) is 106 Å². The summed E-state index contributed by atoms with van der Waals surface area (Å²) in [5.41, 5.74) is 10.6. The van der Waals surface area contributed by atoms with Crippen LogP contribution in [-0.2, 0) is 35.7 Å². The van der Waals surface area contributed by atoms with Crippen LogP contribution in [0.2, 0.25) is 0 Å². The van der Waals surface area contributed by atoms with Crippen molar-refractivity contribution in [1.29, 1.82) is 0 Å². The lowest BCUT2D eigenvalue weighted by Crippen LogP contribution is -2.44. The van der Waals surface area contributed by atoms with Crippen LogP contribution in [0.4, 0.5) is 13.2 Å². The van der Waals surface area contributed by atoms with Crippen LogP contribution in [0.15, 0.2) is 69.7 Å². The Morgan fingerprint density at radius 3 is 1.66 bits per heavy atom. The molecule has 3 unspecified atom stereocenters. The number of aldehydes is 1. The number of ether oxygens (including phenoxy) is 3. The monoisotopic (exact) mass is 1150 g/mol. The number of thiazole rings is 3. The lowest BCUT2D eigenvalue weighted by Gasteiger charge is -2.33. The number of nitrogens with zero attached hydrogens (tertiary/aromatic N) is 12. The van der Waals surface area contributed by atoms with Crippen LogP contribution in [0.5, 0.6) is 11.5 Å². The van der Waals surface area contributed by atoms with Gasteiger partial charge in [0.15, 0.2) is 32.5 Å². The first kappa shape index (κ1) is 63.4. The minimum Gasteiger partial charge on any atom is -0.497 e. The van der Waals surface area contributed by atoms with Crippen molar-refractivity contribution < 1.29 is 42.1 Å². The molecule has 26 heteroatoms. The summed E-state index contributed by atoms with van der Waals surface area (Å²) in [5.74, 6) is 6.38. The largest absolute Gasteiger partial charge is 0.497 e. The molecule has 3 atom stereocenters. The standard InChI is InChI=1S/C18H21N5OS.C15H22N2O2.C10H13N5S.C6H8N2OS.C2HF3O.C2H6O/c1-12-11-25-18(19-12)17-21-20-16-13(2)22(8-9-23(16)17)10-14-4-6-15(24-3)7-5-14;1-4-19-15-12(2)17(10-9-16-15)11-13-5-7-14(18-3)8-6-13;1-6-5-16-10(12-6)9-14-13-8-7(2)11-3-4-15(8)9;1-4-3-10-6(8-4)5(9)2-7;3-2(4,5)1-6;1-2-3/h4-7,11,13H,8-10H2,1-3H3;5-8,12H,4,9-11H2,1-3H3;5,7,11H,3-4H2,1-2H3;3H,2,7H2,1H3;1H;3H,2H2,1H3. The van der Waals surface area contributed by atoms with E-state index in [-0.39, 0.29) is 37.1 Å². The van der Waals surface area contributed by atoms with E-state index in [0.717, 1.165) is 120 Å². The van der Waals surface area contributed by atoms with Crippen LogP contribution in [-0.4, -0.2) is 150 Å². The lowest BCUT2D eigenvalue weighted by atomic mass is 10.1. The number of nitrogens with two attached hydrogens (primary N) is 1. The third-order valence-electron chi connectivity index (χ3n) is 12.0. The van der Waals surface area contributed by atoms with Crippen molar-refractivity contribution in [3.63, 3.8) is 0 Å². The Labute approximate surface area is 470 Å². The number of hydrogen-bond donors (Lipinski definition) is 3. The van der Waals surface area contributed by atoms with Crippen LogP contribution in [0, 0.1) is 20.8 Å². The van der Waals surface area contributed by atoms with E-state index in [2.05, 4.69) is 115 Å². The van der Waals surface area contributed by atoms with Gasteiger partial charge in [-0.25, -0.2) is 15.0 Å². The third kappa shape index (κ3) is 18.9. The highest BCUT2D eigenvalue weighted by atomic mass is 32.1. The van der Waals surface area contributed by atoms with E-state index in [1.54, 1.807) is 43.8 Å². The molecule has 10 rings (SSSR count). The van der Waals surface area contributed by atoms with E-state index in [1.807, 2.05) is 62.7 Å². The van der Waals surface area contributed by atoms with Crippen LogP contribution in [0.1, 0.15) is 96.4 Å². The SMILES string of the molecule is CCO.CCOC1=NCCN(Cc2ccc(OC)cc2)C1C.COc1ccc(CN2CCn3c(-c4nc(C)cs4)nnc3C2C)cc1.Cc1csc(-c2nnc3n2CCNC3C)n1.Cc1csc(C(=O)CN)n1.O=CC(F)(F)F. The smallest absolute Gasteiger partial charge is 0.446 e. The predicted molar refractivity (Wildman–Crippen MR) is 302 cm³/mol. The Hall–Kier alpha value is -6.39. The van der Waals surface area contributed by atoms with Gasteiger partial charge in [-0.15, -0.1) is 54.4 Å². The molecular weight excluding hydrogens is 1080 g/mol. The van der Waals surface area contributed by atoms with Crippen LogP contribution >= 0.6 is 34.0 Å². The fourth-order valence-corrected chi connectivity index (χ4v) is 10.3. The van der Waals surface area contributed by atoms with Gasteiger partial charge in [0, 0.05) is 85.6 Å². The number of aliphatic hydroxyl groups excluding tert-OH is 1. The quantitative estimate of drug-likeness (QED) is 0.0814. The number of hydrogen-bond acceptors (Lipinski definition) is 21. The Morgan fingerprint density at radius 1 is 0.734 bits per heavy atom. The van der Waals surface area contributed by atoms with Gasteiger partial charge in [-0.3, -0.25) is 24.4 Å². The normalized spacial score (nSPS) is 16.6. The summed E-state index contributed by atoms with van der Waals surface area (Å²) in [5, 5.41) is 36.7. The number of carbonyl (C=O) groups excluding carboxylic acids is 2. The number of aromatic nitrogens is 9. The van der Waals surface area contributed by atoms with Gasteiger partial charge >= 0.3 is 6.18 Å². The highest BCUT2D eigenvalue weighted by molar-refractivity contribution is 7.13. The first-order chi connectivity index (χ1) is 37.9. The first-order valence-electron chi connectivity index (χ1n) is 25.5. The number of aliphatic imine (C=N–C) groups is 1. The maximum atomic E-state index is 10.8. The van der Waals surface area contributed by atoms with Gasteiger partial charge in [0.05, 0.1) is 52.0 Å². The molecule has 20 nitrogen and oxygen atoms in total. The molecule has 0 spiro atoms. The highest BCUT2D eigenvalue weighted by Gasteiger charge is 2.30. The minimum atomic E-state index is -4.64. The molecule has 0 bridgehead atoms. The zero-order valence-corrected chi connectivity index (χ0v) is 48.7. The molecule has 0 aliphatic carbocycles. The number of halogens is 3. The second-order valence-corrected chi connectivity index (χ2v) is 20.4. The fourth-order valence-electron chi connectivity index (χ4n) is 8.02. The number of nitrogens with one attached hydrogen (secondary N) is 1. The molecule has 3 aliphatic rings. The molecule has 3 aliphatic heterocycles. The number of Topliss-reactive ketones (excluding diaryl/α,β-unsaturated/α-hetero) is 1. The van der Waals surface area contributed by atoms with Crippen molar-refractivity contribution in [1.82, 2.24) is 59.6 Å². The number of rotatable bonds is 11. The Kier molecular flexibility index (Phi) is 25.2. The zero-order chi connectivity index (χ0) is 57.6. The molecule has 0 fully saturated rings. The van der Waals surface area contributed by atoms with E-state index < -0.39 is 12.5 Å². The summed E-state index contributed by atoms with van der Waals surface area (Å²) in [6.07, 6.45) is -5.70. The summed E-state index contributed by atoms with van der Waals surface area (Å²) in [6, 6.07) is 17.2. The number of alkyl halides is 3. The average Bonchev–Trinajstić information content (AvgIpc) is 4.38. The van der Waals surface area contributed by atoms with E-state index in [1.165, 1.54) is 22.5 Å². The molecule has 428 valence electrons. The maximum absolute atomic E-state index is 10.8. The second kappa shape index (κ2) is 31.4. The van der Waals surface area contributed by atoms with Crippen molar-refractivity contribution in [2.24, 2.45) is 10.7 Å². The van der Waals surface area contributed by atoms with E-state index >= 15 is 0 Å². The van der Waals surface area contributed by atoms with E-state index in [4.69, 9.17) is 29.8 Å². The number of carbonyl (C=O) groups is 2. The van der Waals surface area contributed by atoms with Crippen LogP contribution in [0.25, 0.3) is 21.7 Å². The molecule has 2 aromatic carbocycles. The Balaban J connectivity index is 0.000000191. The zero-order valence-electron chi connectivity index (χ0n) is 46.2. The third-order valence-corrected chi connectivity index (χ3v) is 14.9. The van der Waals surface area contributed by atoms with Crippen LogP contribution in [0.3, 0.4) is 0 Å². The summed E-state index contributed by atoms with van der Waals surface area (Å²) in [6.45, 7) is 24.3. The van der Waals surface area contributed by atoms with Gasteiger partial charge in [0.25, 0.3) is 0 Å². The molecule has 8 heterocycles. The number of methoxy groups -OCH3 is 2. The van der Waals surface area contributed by atoms with Gasteiger partial charge in [-0.2, -0.15) is 13.2 Å². The highest BCUT2D eigenvalue weighted by Crippen LogP contribution is 2.31. The fraction of sp³-hybridized carbons (Fsp3) is 0.472. The number of aryl methyl sites for hydroxylation is 3. The molecule has 5 aromatic heterocycles. The van der Waals surface area contributed by atoms with Crippen molar-refractivity contribution in [3.05, 3.63) is 110 Å². The maximum Gasteiger partial charge on any atom is 0.446 e. The van der Waals surface area contributed by atoms with Gasteiger partial charge in [0.1, 0.15) is 17.3 Å². The van der Waals surface area contributed by atoms with Gasteiger partial charge in [0.2, 0.25) is 18.0 Å². The number of fused-ring (bicyclic) bond motifs is 2. The summed E-state index contributed by atoms with van der Waals surface area (Å²) >= 11 is 4.60. The lowest BCUT2D eigenvalue weighted by molar-refractivity contribution is -0.156. The van der Waals surface area contributed by atoms with E-state index in [0.29, 0.717) is 11.6 Å². The Morgan fingerprint density at radius 2 is 1.22 bits per heavy atom.